The van der Waals surface area contributed by atoms with Crippen LogP contribution in [-0.4, -0.2) is 44.8 Å². The van der Waals surface area contributed by atoms with E-state index in [0.29, 0.717) is 21.8 Å². The van der Waals surface area contributed by atoms with E-state index >= 15 is 0 Å². The molecule has 3 rings (SSSR count). The lowest BCUT2D eigenvalue weighted by atomic mass is 10.1. The Morgan fingerprint density at radius 3 is 2.17 bits per heavy atom. The van der Waals surface area contributed by atoms with E-state index in [1.54, 1.807) is 80.6 Å². The van der Waals surface area contributed by atoms with Gasteiger partial charge in [-0.15, -0.1) is 0 Å². The maximum atomic E-state index is 13.7. The van der Waals surface area contributed by atoms with Crippen molar-refractivity contribution in [1.82, 2.24) is 10.2 Å². The summed E-state index contributed by atoms with van der Waals surface area (Å²) >= 11 is 6.32. The highest BCUT2D eigenvalue weighted by Gasteiger charge is 2.32. The molecule has 7 nitrogen and oxygen atoms in total. The van der Waals surface area contributed by atoms with Crippen molar-refractivity contribution < 1.29 is 18.0 Å². The second-order valence-corrected chi connectivity index (χ2v) is 10.3. The monoisotopic (exact) mass is 513 g/mol. The van der Waals surface area contributed by atoms with Gasteiger partial charge in [0.25, 0.3) is 10.0 Å². The molecule has 0 saturated heterocycles. The van der Waals surface area contributed by atoms with Gasteiger partial charge >= 0.3 is 0 Å². The molecule has 0 aromatic heterocycles. The molecule has 0 aliphatic rings. The van der Waals surface area contributed by atoms with Crippen molar-refractivity contribution in [2.75, 3.05) is 17.9 Å². The second kappa shape index (κ2) is 11.4. The van der Waals surface area contributed by atoms with E-state index in [0.717, 1.165) is 4.31 Å². The molecule has 35 heavy (non-hydrogen) atoms. The van der Waals surface area contributed by atoms with Gasteiger partial charge in [0.1, 0.15) is 12.6 Å². The number of carbonyl (C=O) groups excluding carboxylic acids is 2. The van der Waals surface area contributed by atoms with Gasteiger partial charge in [0.2, 0.25) is 11.8 Å². The van der Waals surface area contributed by atoms with Gasteiger partial charge in [-0.2, -0.15) is 0 Å². The van der Waals surface area contributed by atoms with Gasteiger partial charge in [-0.3, -0.25) is 13.9 Å². The summed E-state index contributed by atoms with van der Waals surface area (Å²) in [6.45, 7) is 2.92. The lowest BCUT2D eigenvalue weighted by molar-refractivity contribution is -0.139. The Hall–Kier alpha value is -3.36. The summed E-state index contributed by atoms with van der Waals surface area (Å²) in [5, 5.41) is 3.00. The lowest BCUT2D eigenvalue weighted by Gasteiger charge is -2.32. The van der Waals surface area contributed by atoms with Crippen LogP contribution in [0.25, 0.3) is 0 Å². The minimum Gasteiger partial charge on any atom is -0.357 e. The molecule has 0 bridgehead atoms. The van der Waals surface area contributed by atoms with Crippen LogP contribution in [0, 0.1) is 6.92 Å². The van der Waals surface area contributed by atoms with Crippen LogP contribution in [0.1, 0.15) is 18.1 Å². The molecular formula is C26H28ClN3O4S. The first-order valence-corrected chi connectivity index (χ1v) is 12.9. The number of hydrogen-bond acceptors (Lipinski definition) is 4. The van der Waals surface area contributed by atoms with Crippen molar-refractivity contribution in [1.29, 1.82) is 0 Å². The van der Waals surface area contributed by atoms with E-state index in [2.05, 4.69) is 5.32 Å². The summed E-state index contributed by atoms with van der Waals surface area (Å²) in [4.78, 5) is 27.6. The van der Waals surface area contributed by atoms with Crippen LogP contribution >= 0.6 is 11.6 Å². The van der Waals surface area contributed by atoms with Gasteiger partial charge in [-0.1, -0.05) is 66.2 Å². The number of rotatable bonds is 9. The van der Waals surface area contributed by atoms with Crippen molar-refractivity contribution >= 4 is 39.1 Å². The molecule has 0 aliphatic carbocycles. The van der Waals surface area contributed by atoms with E-state index in [1.807, 2.05) is 0 Å². The number of nitrogens with zero attached hydrogens (tertiary/aromatic N) is 2. The normalized spacial score (nSPS) is 12.0. The Kier molecular flexibility index (Phi) is 8.53. The molecule has 184 valence electrons. The zero-order valence-corrected chi connectivity index (χ0v) is 21.4. The smallest absolute Gasteiger partial charge is 0.264 e. The van der Waals surface area contributed by atoms with Crippen LogP contribution in [-0.2, 0) is 26.2 Å². The number of aryl methyl sites for hydroxylation is 1. The third-order valence-electron chi connectivity index (χ3n) is 5.71. The van der Waals surface area contributed by atoms with Crippen molar-refractivity contribution in [2.24, 2.45) is 0 Å². The Morgan fingerprint density at radius 1 is 0.943 bits per heavy atom. The Bertz CT molecular complexity index is 1300. The molecule has 2 amide bonds. The highest BCUT2D eigenvalue weighted by molar-refractivity contribution is 7.92. The van der Waals surface area contributed by atoms with Crippen molar-refractivity contribution in [3.8, 4) is 0 Å². The molecule has 1 atom stereocenters. The van der Waals surface area contributed by atoms with Crippen molar-refractivity contribution in [3.05, 3.63) is 95.0 Å². The molecule has 3 aromatic carbocycles. The van der Waals surface area contributed by atoms with Crippen molar-refractivity contribution in [3.63, 3.8) is 0 Å². The molecular weight excluding hydrogens is 486 g/mol. The average molecular weight is 514 g/mol. The van der Waals surface area contributed by atoms with Gasteiger partial charge in [0.15, 0.2) is 0 Å². The Balaban J connectivity index is 2.05. The van der Waals surface area contributed by atoms with Crippen LogP contribution in [0.5, 0.6) is 0 Å². The van der Waals surface area contributed by atoms with Gasteiger partial charge in [0.05, 0.1) is 10.6 Å². The Labute approximate surface area is 211 Å². The summed E-state index contributed by atoms with van der Waals surface area (Å²) < 4.78 is 28.4. The molecule has 0 heterocycles. The number of hydrogen-bond donors (Lipinski definition) is 1. The zero-order chi connectivity index (χ0) is 25.6. The number of nitrogens with one attached hydrogen (secondary N) is 1. The molecule has 0 fully saturated rings. The quantitative estimate of drug-likeness (QED) is 0.468. The molecule has 0 saturated carbocycles. The first kappa shape index (κ1) is 26.2. The zero-order valence-electron chi connectivity index (χ0n) is 19.8. The van der Waals surface area contributed by atoms with Gasteiger partial charge < -0.3 is 10.2 Å². The van der Waals surface area contributed by atoms with Crippen LogP contribution in [0.4, 0.5) is 5.69 Å². The average Bonchev–Trinajstić information content (AvgIpc) is 2.86. The second-order valence-electron chi connectivity index (χ2n) is 8.01. The van der Waals surface area contributed by atoms with Crippen LogP contribution < -0.4 is 9.62 Å². The first-order chi connectivity index (χ1) is 16.7. The minimum atomic E-state index is -4.08. The summed E-state index contributed by atoms with van der Waals surface area (Å²) in [5.41, 5.74) is 1.72. The molecule has 9 heteroatoms. The number of carbonyl (C=O) groups is 2. The highest BCUT2D eigenvalue weighted by Crippen LogP contribution is 2.27. The third-order valence-corrected chi connectivity index (χ3v) is 7.85. The summed E-state index contributed by atoms with van der Waals surface area (Å²) in [6, 6.07) is 21.1. The topological polar surface area (TPSA) is 86.8 Å². The predicted molar refractivity (Wildman–Crippen MR) is 138 cm³/mol. The molecule has 0 aliphatic heterocycles. The van der Waals surface area contributed by atoms with Gasteiger partial charge in [-0.05, 0) is 49.2 Å². The first-order valence-electron chi connectivity index (χ1n) is 11.0. The maximum Gasteiger partial charge on any atom is 0.264 e. The number of halogens is 1. The molecule has 0 unspecified atom stereocenters. The fourth-order valence-electron chi connectivity index (χ4n) is 3.68. The van der Waals surface area contributed by atoms with Crippen LogP contribution in [0.2, 0.25) is 5.02 Å². The minimum absolute atomic E-state index is 0.0418. The largest absolute Gasteiger partial charge is 0.357 e. The highest BCUT2D eigenvalue weighted by atomic mass is 35.5. The van der Waals surface area contributed by atoms with Crippen molar-refractivity contribution in [2.45, 2.75) is 31.3 Å². The maximum absolute atomic E-state index is 13.7. The summed E-state index contributed by atoms with van der Waals surface area (Å²) in [6.07, 6.45) is 0. The van der Waals surface area contributed by atoms with E-state index in [1.165, 1.54) is 24.1 Å². The SMILES string of the molecule is CNC(=O)[C@@H](C)N(Cc1ccccc1Cl)C(=O)CN(c1ccccc1C)S(=O)(=O)c1ccccc1. The number of benzene rings is 3. The van der Waals surface area contributed by atoms with Crippen LogP contribution in [0.3, 0.4) is 0 Å². The summed E-state index contributed by atoms with van der Waals surface area (Å²) in [7, 11) is -2.60. The predicted octanol–water partition coefficient (Wildman–Crippen LogP) is 4.01. The number of sulfonamides is 1. The van der Waals surface area contributed by atoms with E-state index in [9.17, 15) is 18.0 Å². The molecule has 0 spiro atoms. The number of anilines is 1. The van der Waals surface area contributed by atoms with Gasteiger partial charge in [0, 0.05) is 18.6 Å². The molecule has 0 radical (unpaired) electrons. The number of likely N-dealkylation sites (N-methyl/N-ethyl adjacent to an activating group) is 1. The van der Waals surface area contributed by atoms with Gasteiger partial charge in [-0.25, -0.2) is 8.42 Å². The molecule has 3 aromatic rings. The summed E-state index contributed by atoms with van der Waals surface area (Å²) in [5.74, 6) is -0.914. The number of amides is 2. The van der Waals surface area contributed by atoms with E-state index in [4.69, 9.17) is 11.6 Å². The Morgan fingerprint density at radius 2 is 1.54 bits per heavy atom. The fourth-order valence-corrected chi connectivity index (χ4v) is 5.37. The third kappa shape index (κ3) is 6.01. The van der Waals surface area contributed by atoms with Crippen LogP contribution in [0.15, 0.2) is 83.8 Å². The van der Waals surface area contributed by atoms with E-state index in [-0.39, 0.29) is 17.3 Å². The lowest BCUT2D eigenvalue weighted by Crippen LogP contribution is -2.50. The standard InChI is InChI=1S/C26H28ClN3O4S/c1-19-11-7-10-16-24(19)30(35(33,34)22-13-5-4-6-14-22)18-25(31)29(20(2)26(32)28-3)17-21-12-8-9-15-23(21)27/h4-16,20H,17-18H2,1-3H3,(H,28,32)/t20-/m1/s1. The molecule has 1 N–H and O–H groups in total. The fraction of sp³-hybridized carbons (Fsp3) is 0.231. The number of para-hydroxylation sites is 1. The van der Waals surface area contributed by atoms with E-state index < -0.39 is 28.5 Å².